The van der Waals surface area contributed by atoms with Crippen molar-refractivity contribution >= 4 is 40.5 Å². The molecule has 2 aromatic rings. The van der Waals surface area contributed by atoms with Gasteiger partial charge in [-0.3, -0.25) is 9.69 Å². The Morgan fingerprint density at radius 1 is 1.06 bits per heavy atom. The summed E-state index contributed by atoms with van der Waals surface area (Å²) in [6.07, 6.45) is 3.92. The number of carbonyl (C=O) groups is 3. The first kappa shape index (κ1) is 21.4. The van der Waals surface area contributed by atoms with Gasteiger partial charge in [-0.15, -0.1) is 0 Å². The summed E-state index contributed by atoms with van der Waals surface area (Å²) in [6, 6.07) is 12.6. The van der Waals surface area contributed by atoms with Crippen molar-refractivity contribution in [1.82, 2.24) is 4.90 Å². The fourth-order valence-corrected chi connectivity index (χ4v) is 4.16. The summed E-state index contributed by atoms with van der Waals surface area (Å²) in [5.41, 5.74) is 1.77. The Morgan fingerprint density at radius 2 is 1.66 bits per heavy atom. The number of aliphatic imine (C=N–C) groups is 1. The van der Waals surface area contributed by atoms with E-state index in [1.165, 1.54) is 40.9 Å². The van der Waals surface area contributed by atoms with Crippen molar-refractivity contribution in [2.45, 2.75) is 12.5 Å². The number of rotatable bonds is 5. The SMILES string of the molecule is CN1C(=O)/C(=C/C2=CCC(c3ccc(C(=O)O)cc3)O2)S/C1=N/c1ccc(C(=O)O)cc1. The van der Waals surface area contributed by atoms with Gasteiger partial charge in [0.15, 0.2) is 5.17 Å². The van der Waals surface area contributed by atoms with Crippen LogP contribution in [0.5, 0.6) is 0 Å². The fraction of sp³-hybridized carbons (Fsp3) is 0.130. The van der Waals surface area contributed by atoms with Gasteiger partial charge in [0.05, 0.1) is 21.7 Å². The van der Waals surface area contributed by atoms with E-state index in [1.54, 1.807) is 37.4 Å². The molecule has 0 radical (unpaired) electrons. The van der Waals surface area contributed by atoms with Crippen LogP contribution in [0.15, 0.2) is 76.3 Å². The quantitative estimate of drug-likeness (QED) is 0.656. The number of thioether (sulfide) groups is 1. The molecular weight excluding hydrogens is 432 g/mol. The van der Waals surface area contributed by atoms with Crippen LogP contribution in [0.1, 0.15) is 38.8 Å². The summed E-state index contributed by atoms with van der Waals surface area (Å²) >= 11 is 1.21. The minimum absolute atomic E-state index is 0.163. The van der Waals surface area contributed by atoms with E-state index >= 15 is 0 Å². The molecule has 0 bridgehead atoms. The zero-order valence-electron chi connectivity index (χ0n) is 16.9. The zero-order chi connectivity index (χ0) is 22.8. The number of likely N-dealkylation sites (N-methyl/N-ethyl adjacent to an activating group) is 1. The molecule has 1 saturated heterocycles. The number of amides is 1. The molecule has 2 heterocycles. The van der Waals surface area contributed by atoms with Crippen LogP contribution >= 0.6 is 11.8 Å². The van der Waals surface area contributed by atoms with E-state index in [1.807, 2.05) is 6.08 Å². The summed E-state index contributed by atoms with van der Waals surface area (Å²) in [5.74, 6) is -1.65. The number of hydrogen-bond acceptors (Lipinski definition) is 6. The maximum Gasteiger partial charge on any atom is 0.335 e. The van der Waals surface area contributed by atoms with Gasteiger partial charge in [0, 0.05) is 13.5 Å². The highest BCUT2D eigenvalue weighted by atomic mass is 32.2. The van der Waals surface area contributed by atoms with Crippen LogP contribution in [0, 0.1) is 0 Å². The van der Waals surface area contributed by atoms with E-state index < -0.39 is 11.9 Å². The first-order chi connectivity index (χ1) is 15.3. The Labute approximate surface area is 187 Å². The van der Waals surface area contributed by atoms with E-state index in [9.17, 15) is 14.4 Å². The van der Waals surface area contributed by atoms with E-state index in [-0.39, 0.29) is 23.1 Å². The maximum atomic E-state index is 12.6. The lowest BCUT2D eigenvalue weighted by Crippen LogP contribution is -2.23. The van der Waals surface area contributed by atoms with Gasteiger partial charge in [-0.1, -0.05) is 12.1 Å². The molecule has 32 heavy (non-hydrogen) atoms. The number of benzene rings is 2. The number of ether oxygens (including phenoxy) is 1. The average Bonchev–Trinajstić information content (AvgIpc) is 3.35. The average molecular weight is 450 g/mol. The first-order valence-corrected chi connectivity index (χ1v) is 10.4. The minimum atomic E-state index is -1.02. The van der Waals surface area contributed by atoms with Crippen molar-refractivity contribution in [3.05, 3.63) is 88.0 Å². The normalized spacial score (nSPS) is 20.5. The van der Waals surface area contributed by atoms with E-state index in [0.717, 1.165) is 5.56 Å². The Balaban J connectivity index is 1.46. The monoisotopic (exact) mass is 450 g/mol. The third-order valence-corrected chi connectivity index (χ3v) is 6.02. The van der Waals surface area contributed by atoms with Gasteiger partial charge in [0.25, 0.3) is 5.91 Å². The molecule has 2 aliphatic rings. The number of carboxylic acid groups (broad SMARTS) is 2. The summed E-state index contributed by atoms with van der Waals surface area (Å²) in [6.45, 7) is 0. The van der Waals surface area contributed by atoms with Crippen molar-refractivity contribution in [2.75, 3.05) is 7.05 Å². The zero-order valence-corrected chi connectivity index (χ0v) is 17.7. The van der Waals surface area contributed by atoms with Crippen molar-refractivity contribution < 1.29 is 29.3 Å². The Bertz CT molecular complexity index is 1180. The molecule has 0 aromatic heterocycles. The summed E-state index contributed by atoms with van der Waals surface area (Å²) < 4.78 is 5.94. The number of carbonyl (C=O) groups excluding carboxylic acids is 1. The van der Waals surface area contributed by atoms with E-state index in [4.69, 9.17) is 14.9 Å². The Kier molecular flexibility index (Phi) is 5.83. The lowest BCUT2D eigenvalue weighted by Gasteiger charge is -2.12. The standard InChI is InChI=1S/C23H18N2O6S/c1-25-20(26)19(32-23(25)24-16-8-6-15(7-9-16)22(29)30)12-17-10-11-18(31-17)13-2-4-14(5-3-13)21(27)28/h2-10,12,18H,11H2,1H3,(H,27,28)(H,29,30)/b19-12-,24-23+. The van der Waals surface area contributed by atoms with Gasteiger partial charge in [-0.05, 0) is 65.9 Å². The van der Waals surface area contributed by atoms with Crippen molar-refractivity contribution in [3.63, 3.8) is 0 Å². The lowest BCUT2D eigenvalue weighted by atomic mass is 10.1. The Morgan fingerprint density at radius 3 is 2.25 bits per heavy atom. The summed E-state index contributed by atoms with van der Waals surface area (Å²) in [5, 5.41) is 18.5. The summed E-state index contributed by atoms with van der Waals surface area (Å²) in [4.78, 5) is 40.9. The van der Waals surface area contributed by atoms with Gasteiger partial charge in [0.2, 0.25) is 0 Å². The number of nitrogens with zero attached hydrogens (tertiary/aromatic N) is 2. The van der Waals surface area contributed by atoms with Crippen molar-refractivity contribution in [1.29, 1.82) is 0 Å². The van der Waals surface area contributed by atoms with Gasteiger partial charge < -0.3 is 14.9 Å². The number of allylic oxidation sites excluding steroid dienone is 1. The van der Waals surface area contributed by atoms with E-state index in [0.29, 0.717) is 27.9 Å². The molecule has 1 atom stereocenters. The van der Waals surface area contributed by atoms with Gasteiger partial charge in [-0.2, -0.15) is 0 Å². The molecule has 4 rings (SSSR count). The number of hydrogen-bond donors (Lipinski definition) is 2. The second kappa shape index (κ2) is 8.72. The molecule has 0 saturated carbocycles. The van der Waals surface area contributed by atoms with Crippen LogP contribution < -0.4 is 0 Å². The molecule has 0 aliphatic carbocycles. The van der Waals surface area contributed by atoms with Crippen LogP contribution in [-0.2, 0) is 9.53 Å². The molecule has 162 valence electrons. The lowest BCUT2D eigenvalue weighted by molar-refractivity contribution is -0.121. The molecule has 8 nitrogen and oxygen atoms in total. The molecule has 1 fully saturated rings. The number of aromatic carboxylic acids is 2. The van der Waals surface area contributed by atoms with Crippen LogP contribution in [-0.4, -0.2) is 45.2 Å². The van der Waals surface area contributed by atoms with Gasteiger partial charge in [0.1, 0.15) is 11.9 Å². The van der Waals surface area contributed by atoms with Gasteiger partial charge in [-0.25, -0.2) is 14.6 Å². The number of carboxylic acids is 2. The van der Waals surface area contributed by atoms with E-state index in [2.05, 4.69) is 4.99 Å². The molecule has 0 spiro atoms. The molecule has 1 amide bonds. The largest absolute Gasteiger partial charge is 0.486 e. The van der Waals surface area contributed by atoms with Gasteiger partial charge >= 0.3 is 11.9 Å². The highest BCUT2D eigenvalue weighted by Crippen LogP contribution is 2.36. The second-order valence-electron chi connectivity index (χ2n) is 7.10. The molecule has 2 aromatic carbocycles. The minimum Gasteiger partial charge on any atom is -0.486 e. The first-order valence-electron chi connectivity index (χ1n) is 9.61. The van der Waals surface area contributed by atoms with Crippen LogP contribution in [0.3, 0.4) is 0 Å². The highest BCUT2D eigenvalue weighted by Gasteiger charge is 2.31. The Hall–Kier alpha value is -3.85. The molecule has 9 heteroatoms. The molecule has 2 N–H and O–H groups in total. The number of amidine groups is 1. The molecular formula is C23H18N2O6S. The highest BCUT2D eigenvalue weighted by molar-refractivity contribution is 8.18. The third-order valence-electron chi connectivity index (χ3n) is 4.96. The third kappa shape index (κ3) is 4.42. The maximum absolute atomic E-state index is 12.6. The van der Waals surface area contributed by atoms with Crippen LogP contribution in [0.2, 0.25) is 0 Å². The second-order valence-corrected chi connectivity index (χ2v) is 8.11. The van der Waals surface area contributed by atoms with Crippen LogP contribution in [0.4, 0.5) is 5.69 Å². The predicted octanol–water partition coefficient (Wildman–Crippen LogP) is 4.21. The van der Waals surface area contributed by atoms with Crippen LogP contribution in [0.25, 0.3) is 0 Å². The topological polar surface area (TPSA) is 117 Å². The fourth-order valence-electron chi connectivity index (χ4n) is 3.19. The van der Waals surface area contributed by atoms with Crippen molar-refractivity contribution in [3.8, 4) is 0 Å². The van der Waals surface area contributed by atoms with Crippen molar-refractivity contribution in [2.24, 2.45) is 4.99 Å². The smallest absolute Gasteiger partial charge is 0.335 e. The molecule has 1 unspecified atom stereocenters. The predicted molar refractivity (Wildman–Crippen MR) is 119 cm³/mol. The summed E-state index contributed by atoms with van der Waals surface area (Å²) in [7, 11) is 1.62. The molecule has 2 aliphatic heterocycles.